The molecule has 0 aliphatic rings. The van der Waals surface area contributed by atoms with Crippen LogP contribution in [0, 0.1) is 5.82 Å². The summed E-state index contributed by atoms with van der Waals surface area (Å²) in [6.45, 7) is 0.418. The molecule has 0 saturated carbocycles. The molecule has 0 saturated heterocycles. The van der Waals surface area contributed by atoms with Crippen LogP contribution in [0.1, 0.15) is 15.9 Å². The largest absolute Gasteiger partial charge is 0.457 e. The maximum atomic E-state index is 12.9. The summed E-state index contributed by atoms with van der Waals surface area (Å²) >= 11 is 0. The van der Waals surface area contributed by atoms with Crippen LogP contribution in [-0.4, -0.2) is 17.9 Å². The molecule has 0 aliphatic heterocycles. The van der Waals surface area contributed by atoms with Gasteiger partial charge in [-0.1, -0.05) is 30.3 Å². The van der Waals surface area contributed by atoms with Gasteiger partial charge in [0.05, 0.1) is 0 Å². The minimum atomic E-state index is -0.285. The average Bonchev–Trinajstić information content (AvgIpc) is 2.64. The topological polar surface area (TPSA) is 29.5 Å². The molecule has 0 aromatic heterocycles. The van der Waals surface area contributed by atoms with Crippen molar-refractivity contribution >= 4 is 5.91 Å². The van der Waals surface area contributed by atoms with E-state index in [0.29, 0.717) is 17.9 Å². The highest BCUT2D eigenvalue weighted by atomic mass is 19.1. The van der Waals surface area contributed by atoms with Crippen molar-refractivity contribution in [2.45, 2.75) is 6.54 Å². The number of benzene rings is 3. The first-order chi connectivity index (χ1) is 12.1. The number of nitrogens with zero attached hydrogens (tertiary/aromatic N) is 1. The summed E-state index contributed by atoms with van der Waals surface area (Å²) in [4.78, 5) is 14.1. The second kappa shape index (κ2) is 7.62. The third-order valence-corrected chi connectivity index (χ3v) is 3.76. The lowest BCUT2D eigenvalue weighted by Crippen LogP contribution is -2.26. The van der Waals surface area contributed by atoms with E-state index >= 15 is 0 Å². The molecule has 0 N–H and O–H groups in total. The summed E-state index contributed by atoms with van der Waals surface area (Å²) in [6.07, 6.45) is 0. The highest BCUT2D eigenvalue weighted by Crippen LogP contribution is 2.21. The Bertz CT molecular complexity index is 830. The lowest BCUT2D eigenvalue weighted by Gasteiger charge is -2.17. The molecule has 3 aromatic carbocycles. The molecule has 4 heteroatoms. The minimum Gasteiger partial charge on any atom is -0.457 e. The quantitative estimate of drug-likeness (QED) is 0.664. The number of hydrogen-bond donors (Lipinski definition) is 0. The van der Waals surface area contributed by atoms with Gasteiger partial charge in [0.2, 0.25) is 0 Å². The van der Waals surface area contributed by atoms with Crippen LogP contribution >= 0.6 is 0 Å². The normalized spacial score (nSPS) is 10.3. The molecule has 25 heavy (non-hydrogen) atoms. The van der Waals surface area contributed by atoms with Gasteiger partial charge >= 0.3 is 0 Å². The van der Waals surface area contributed by atoms with Gasteiger partial charge in [-0.05, 0) is 54.1 Å². The zero-order chi connectivity index (χ0) is 17.6. The number of carbonyl (C=O) groups excluding carboxylic acids is 1. The second-order valence-electron chi connectivity index (χ2n) is 5.73. The Balaban J connectivity index is 1.64. The van der Waals surface area contributed by atoms with Crippen molar-refractivity contribution in [1.29, 1.82) is 0 Å². The van der Waals surface area contributed by atoms with Gasteiger partial charge in [0, 0.05) is 19.2 Å². The highest BCUT2D eigenvalue weighted by molar-refractivity contribution is 5.94. The molecule has 3 aromatic rings. The van der Waals surface area contributed by atoms with E-state index in [-0.39, 0.29) is 11.7 Å². The predicted octanol–water partition coefficient (Wildman–Crippen LogP) is 4.89. The Kier molecular flexibility index (Phi) is 5.09. The van der Waals surface area contributed by atoms with Crippen LogP contribution in [-0.2, 0) is 6.54 Å². The number of carbonyl (C=O) groups is 1. The number of hydrogen-bond acceptors (Lipinski definition) is 2. The van der Waals surface area contributed by atoms with Crippen LogP contribution < -0.4 is 4.74 Å². The van der Waals surface area contributed by atoms with Crippen LogP contribution in [0.5, 0.6) is 11.5 Å². The Labute approximate surface area is 146 Å². The van der Waals surface area contributed by atoms with Crippen LogP contribution in [0.25, 0.3) is 0 Å². The zero-order valence-electron chi connectivity index (χ0n) is 13.9. The smallest absolute Gasteiger partial charge is 0.253 e. The van der Waals surface area contributed by atoms with Gasteiger partial charge in [-0.15, -0.1) is 0 Å². The first kappa shape index (κ1) is 16.7. The van der Waals surface area contributed by atoms with Crippen LogP contribution in [0.4, 0.5) is 4.39 Å². The summed E-state index contributed by atoms with van der Waals surface area (Å²) < 4.78 is 18.7. The van der Waals surface area contributed by atoms with Gasteiger partial charge in [-0.25, -0.2) is 4.39 Å². The number of ether oxygens (including phenoxy) is 1. The summed E-state index contributed by atoms with van der Waals surface area (Å²) in [5.74, 6) is 1.03. The molecule has 1 amide bonds. The third kappa shape index (κ3) is 4.44. The molecule has 3 rings (SSSR count). The molecule has 0 fully saturated rings. The first-order valence-electron chi connectivity index (χ1n) is 7.95. The van der Waals surface area contributed by atoms with Crippen LogP contribution in [0.15, 0.2) is 78.9 Å². The number of para-hydroxylation sites is 1. The molecule has 126 valence electrons. The molecule has 0 atom stereocenters. The van der Waals surface area contributed by atoms with Gasteiger partial charge in [0.15, 0.2) is 0 Å². The Morgan fingerprint density at radius 2 is 1.48 bits per heavy atom. The second-order valence-corrected chi connectivity index (χ2v) is 5.73. The molecule has 0 spiro atoms. The van der Waals surface area contributed by atoms with E-state index in [4.69, 9.17) is 4.74 Å². The van der Waals surface area contributed by atoms with Crippen molar-refractivity contribution in [1.82, 2.24) is 4.90 Å². The summed E-state index contributed by atoms with van der Waals surface area (Å²) in [7, 11) is 1.72. The molecular weight excluding hydrogens is 317 g/mol. The van der Waals surface area contributed by atoms with Gasteiger partial charge in [-0.3, -0.25) is 4.79 Å². The lowest BCUT2D eigenvalue weighted by atomic mass is 10.1. The highest BCUT2D eigenvalue weighted by Gasteiger charge is 2.12. The van der Waals surface area contributed by atoms with Gasteiger partial charge in [0.25, 0.3) is 5.91 Å². The van der Waals surface area contributed by atoms with Gasteiger partial charge in [-0.2, -0.15) is 0 Å². The Hall–Kier alpha value is -3.14. The summed E-state index contributed by atoms with van der Waals surface area (Å²) in [5, 5.41) is 0. The number of halogens is 1. The average molecular weight is 335 g/mol. The van der Waals surface area contributed by atoms with E-state index < -0.39 is 0 Å². The summed E-state index contributed by atoms with van der Waals surface area (Å²) in [6, 6.07) is 22.6. The van der Waals surface area contributed by atoms with E-state index in [1.165, 1.54) is 12.1 Å². The molecule has 0 unspecified atom stereocenters. The lowest BCUT2D eigenvalue weighted by molar-refractivity contribution is 0.0785. The molecule has 0 radical (unpaired) electrons. The monoisotopic (exact) mass is 335 g/mol. The standard InChI is InChI=1S/C21H18FNO2/c1-23(15-16-7-11-18(22)12-8-16)21(24)17-9-13-20(14-10-17)25-19-5-3-2-4-6-19/h2-14H,15H2,1H3. The maximum absolute atomic E-state index is 12.9. The van der Waals surface area contributed by atoms with Gasteiger partial charge < -0.3 is 9.64 Å². The maximum Gasteiger partial charge on any atom is 0.253 e. The zero-order valence-corrected chi connectivity index (χ0v) is 13.9. The molecule has 3 nitrogen and oxygen atoms in total. The predicted molar refractivity (Wildman–Crippen MR) is 95.2 cm³/mol. The van der Waals surface area contributed by atoms with Crippen molar-refractivity contribution in [2.24, 2.45) is 0 Å². The first-order valence-corrected chi connectivity index (χ1v) is 7.95. The molecular formula is C21H18FNO2. The Morgan fingerprint density at radius 3 is 2.12 bits per heavy atom. The SMILES string of the molecule is CN(Cc1ccc(F)cc1)C(=O)c1ccc(Oc2ccccc2)cc1. The fourth-order valence-corrected chi connectivity index (χ4v) is 2.45. The Morgan fingerprint density at radius 1 is 0.880 bits per heavy atom. The van der Waals surface area contributed by atoms with Crippen LogP contribution in [0.3, 0.4) is 0 Å². The molecule has 0 heterocycles. The fourth-order valence-electron chi connectivity index (χ4n) is 2.45. The van der Waals surface area contributed by atoms with Crippen molar-refractivity contribution in [2.75, 3.05) is 7.05 Å². The van der Waals surface area contributed by atoms with E-state index in [2.05, 4.69) is 0 Å². The van der Waals surface area contributed by atoms with E-state index in [0.717, 1.165) is 11.3 Å². The molecule has 0 bridgehead atoms. The molecule has 0 aliphatic carbocycles. The number of amides is 1. The fraction of sp³-hybridized carbons (Fsp3) is 0.0952. The van der Waals surface area contributed by atoms with Crippen molar-refractivity contribution in [3.8, 4) is 11.5 Å². The summed E-state index contributed by atoms with van der Waals surface area (Å²) in [5.41, 5.74) is 1.45. The van der Waals surface area contributed by atoms with Crippen molar-refractivity contribution < 1.29 is 13.9 Å². The van der Waals surface area contributed by atoms with Crippen LogP contribution in [0.2, 0.25) is 0 Å². The third-order valence-electron chi connectivity index (χ3n) is 3.76. The van der Waals surface area contributed by atoms with E-state index in [9.17, 15) is 9.18 Å². The van der Waals surface area contributed by atoms with E-state index in [1.807, 2.05) is 30.3 Å². The van der Waals surface area contributed by atoms with E-state index in [1.54, 1.807) is 48.3 Å². The van der Waals surface area contributed by atoms with Crippen molar-refractivity contribution in [3.63, 3.8) is 0 Å². The minimum absolute atomic E-state index is 0.101. The van der Waals surface area contributed by atoms with Crippen molar-refractivity contribution in [3.05, 3.63) is 95.8 Å². The van der Waals surface area contributed by atoms with Gasteiger partial charge in [0.1, 0.15) is 17.3 Å². The number of rotatable bonds is 5.